The highest BCUT2D eigenvalue weighted by Gasteiger charge is 2.37. The topological polar surface area (TPSA) is 58.8 Å². The van der Waals surface area contributed by atoms with E-state index in [1.807, 2.05) is 20.8 Å². The van der Waals surface area contributed by atoms with Crippen LogP contribution in [0.25, 0.3) is 0 Å². The number of carbonyl (C=O) groups is 1. The molecule has 116 valence electrons. The average molecular weight is 283 g/mol. The monoisotopic (exact) mass is 283 g/mol. The van der Waals surface area contributed by atoms with E-state index in [2.05, 4.69) is 4.90 Å². The molecule has 0 aliphatic carbocycles. The van der Waals surface area contributed by atoms with Crippen LogP contribution >= 0.6 is 0 Å². The van der Waals surface area contributed by atoms with Crippen molar-refractivity contribution in [2.75, 3.05) is 19.6 Å². The summed E-state index contributed by atoms with van der Waals surface area (Å²) < 4.78 is 5.50. The average Bonchev–Trinajstić information content (AvgIpc) is 2.38. The first kappa shape index (κ1) is 15.7. The molecule has 2 heterocycles. The standard InChI is InChI=1S/C15H29N3O2/c1-15(2,3)20-14(19)13-11-12(7-10-18(13)16)17-8-5-4-6-9-17/h12-13H,4-11,16H2,1-3H3. The number of esters is 1. The van der Waals surface area contributed by atoms with Crippen LogP contribution in [-0.4, -0.2) is 53.2 Å². The summed E-state index contributed by atoms with van der Waals surface area (Å²) in [4.78, 5) is 14.8. The normalized spacial score (nSPS) is 30.2. The Morgan fingerprint density at radius 2 is 1.80 bits per heavy atom. The summed E-state index contributed by atoms with van der Waals surface area (Å²) in [6, 6.07) is 0.183. The summed E-state index contributed by atoms with van der Waals surface area (Å²) in [6.07, 6.45) is 5.74. The number of piperidine rings is 2. The first-order chi connectivity index (χ1) is 9.37. The molecule has 0 aromatic carbocycles. The Balaban J connectivity index is 1.95. The lowest BCUT2D eigenvalue weighted by Gasteiger charge is -2.42. The van der Waals surface area contributed by atoms with Gasteiger partial charge in [0.1, 0.15) is 11.6 Å². The predicted molar refractivity (Wildman–Crippen MR) is 79.0 cm³/mol. The second kappa shape index (κ2) is 6.41. The van der Waals surface area contributed by atoms with Crippen molar-refractivity contribution >= 4 is 5.97 Å². The van der Waals surface area contributed by atoms with E-state index in [1.54, 1.807) is 5.01 Å². The van der Waals surface area contributed by atoms with Crippen LogP contribution in [0.2, 0.25) is 0 Å². The number of nitrogens with two attached hydrogens (primary N) is 1. The van der Waals surface area contributed by atoms with Crippen molar-refractivity contribution in [3.05, 3.63) is 0 Å². The van der Waals surface area contributed by atoms with Crippen LogP contribution in [0.15, 0.2) is 0 Å². The molecule has 0 aromatic heterocycles. The molecule has 2 aliphatic heterocycles. The third-order valence-electron chi connectivity index (χ3n) is 4.20. The van der Waals surface area contributed by atoms with Gasteiger partial charge in [-0.15, -0.1) is 0 Å². The summed E-state index contributed by atoms with van der Waals surface area (Å²) in [5.41, 5.74) is -0.448. The smallest absolute Gasteiger partial charge is 0.325 e. The molecular formula is C15H29N3O2. The molecule has 0 aromatic rings. The van der Waals surface area contributed by atoms with E-state index >= 15 is 0 Å². The van der Waals surface area contributed by atoms with Crippen molar-refractivity contribution in [1.29, 1.82) is 0 Å². The fourth-order valence-electron chi connectivity index (χ4n) is 3.18. The van der Waals surface area contributed by atoms with Crippen molar-refractivity contribution in [3.8, 4) is 0 Å². The highest BCUT2D eigenvalue weighted by Crippen LogP contribution is 2.24. The van der Waals surface area contributed by atoms with E-state index in [-0.39, 0.29) is 12.0 Å². The zero-order valence-corrected chi connectivity index (χ0v) is 13.1. The second-order valence-electron chi connectivity index (χ2n) is 7.06. The van der Waals surface area contributed by atoms with Crippen LogP contribution in [0.1, 0.15) is 52.9 Å². The fourth-order valence-corrected chi connectivity index (χ4v) is 3.18. The van der Waals surface area contributed by atoms with Crippen LogP contribution in [0.5, 0.6) is 0 Å². The minimum Gasteiger partial charge on any atom is -0.459 e. The van der Waals surface area contributed by atoms with Gasteiger partial charge < -0.3 is 9.64 Å². The molecule has 0 spiro atoms. The first-order valence-corrected chi connectivity index (χ1v) is 7.85. The van der Waals surface area contributed by atoms with Crippen LogP contribution in [0.3, 0.4) is 0 Å². The minimum absolute atomic E-state index is 0.179. The fraction of sp³-hybridized carbons (Fsp3) is 0.933. The Labute approximate surface area is 122 Å². The highest BCUT2D eigenvalue weighted by atomic mass is 16.6. The van der Waals surface area contributed by atoms with E-state index < -0.39 is 5.60 Å². The zero-order chi connectivity index (χ0) is 14.8. The summed E-state index contributed by atoms with van der Waals surface area (Å²) in [6.45, 7) is 8.79. The van der Waals surface area contributed by atoms with Crippen molar-refractivity contribution in [3.63, 3.8) is 0 Å². The first-order valence-electron chi connectivity index (χ1n) is 7.85. The summed E-state index contributed by atoms with van der Waals surface area (Å²) >= 11 is 0. The van der Waals surface area contributed by atoms with Gasteiger partial charge in [0.15, 0.2) is 0 Å². The predicted octanol–water partition coefficient (Wildman–Crippen LogP) is 1.52. The number of likely N-dealkylation sites (tertiary alicyclic amines) is 1. The molecule has 0 bridgehead atoms. The van der Waals surface area contributed by atoms with Crippen LogP contribution in [0.4, 0.5) is 0 Å². The third-order valence-corrected chi connectivity index (χ3v) is 4.20. The van der Waals surface area contributed by atoms with Gasteiger partial charge >= 0.3 is 5.97 Å². The van der Waals surface area contributed by atoms with Crippen molar-refractivity contribution < 1.29 is 9.53 Å². The van der Waals surface area contributed by atoms with Gasteiger partial charge in [0.05, 0.1) is 0 Å². The molecule has 2 unspecified atom stereocenters. The maximum atomic E-state index is 12.3. The van der Waals surface area contributed by atoms with Crippen molar-refractivity contribution in [1.82, 2.24) is 9.91 Å². The minimum atomic E-state index is -0.448. The molecule has 2 aliphatic rings. The van der Waals surface area contributed by atoms with E-state index in [1.165, 1.54) is 19.3 Å². The van der Waals surface area contributed by atoms with Crippen molar-refractivity contribution in [2.24, 2.45) is 5.84 Å². The Morgan fingerprint density at radius 3 is 2.40 bits per heavy atom. The molecule has 2 N–H and O–H groups in total. The number of ether oxygens (including phenoxy) is 1. The summed E-state index contributed by atoms with van der Waals surface area (Å²) in [7, 11) is 0. The quantitative estimate of drug-likeness (QED) is 0.615. The summed E-state index contributed by atoms with van der Waals surface area (Å²) in [5, 5.41) is 1.66. The number of hydrogen-bond donors (Lipinski definition) is 1. The molecule has 5 heteroatoms. The largest absolute Gasteiger partial charge is 0.459 e. The molecule has 0 radical (unpaired) electrons. The molecule has 2 atom stereocenters. The van der Waals surface area contributed by atoms with Crippen LogP contribution in [-0.2, 0) is 9.53 Å². The van der Waals surface area contributed by atoms with Gasteiger partial charge in [-0.3, -0.25) is 10.6 Å². The zero-order valence-electron chi connectivity index (χ0n) is 13.1. The van der Waals surface area contributed by atoms with Crippen molar-refractivity contribution in [2.45, 2.75) is 70.6 Å². The molecule has 0 saturated carbocycles. The molecule has 2 rings (SSSR count). The number of hydrogen-bond acceptors (Lipinski definition) is 5. The van der Waals surface area contributed by atoms with Gasteiger partial charge in [-0.1, -0.05) is 6.42 Å². The van der Waals surface area contributed by atoms with Gasteiger partial charge in [-0.05, 0) is 59.5 Å². The lowest BCUT2D eigenvalue weighted by Crippen LogP contribution is -2.57. The Hall–Kier alpha value is -0.650. The number of rotatable bonds is 2. The molecule has 2 saturated heterocycles. The van der Waals surface area contributed by atoms with Gasteiger partial charge in [0, 0.05) is 12.6 Å². The van der Waals surface area contributed by atoms with Gasteiger partial charge in [-0.25, -0.2) is 5.01 Å². The van der Waals surface area contributed by atoms with Gasteiger partial charge in [-0.2, -0.15) is 0 Å². The SMILES string of the molecule is CC(C)(C)OC(=O)C1CC(N2CCCCC2)CCN1N. The highest BCUT2D eigenvalue weighted by molar-refractivity contribution is 5.76. The lowest BCUT2D eigenvalue weighted by atomic mass is 9.95. The molecule has 5 nitrogen and oxygen atoms in total. The maximum absolute atomic E-state index is 12.3. The number of hydrazine groups is 1. The van der Waals surface area contributed by atoms with Gasteiger partial charge in [0.2, 0.25) is 0 Å². The van der Waals surface area contributed by atoms with Crippen LogP contribution in [0, 0.1) is 0 Å². The molecule has 0 amide bonds. The number of carbonyl (C=O) groups excluding carboxylic acids is 1. The summed E-state index contributed by atoms with van der Waals surface area (Å²) in [5.74, 6) is 5.83. The lowest BCUT2D eigenvalue weighted by molar-refractivity contribution is -0.164. The van der Waals surface area contributed by atoms with Gasteiger partial charge in [0.25, 0.3) is 0 Å². The number of nitrogens with zero attached hydrogens (tertiary/aromatic N) is 2. The third kappa shape index (κ3) is 4.17. The Morgan fingerprint density at radius 1 is 1.15 bits per heavy atom. The molecular weight excluding hydrogens is 254 g/mol. The second-order valence-corrected chi connectivity index (χ2v) is 7.06. The van der Waals surface area contributed by atoms with E-state index in [0.717, 1.165) is 32.5 Å². The van der Waals surface area contributed by atoms with Crippen LogP contribution < -0.4 is 5.84 Å². The van der Waals surface area contributed by atoms with E-state index in [9.17, 15) is 4.79 Å². The maximum Gasteiger partial charge on any atom is 0.325 e. The Bertz CT molecular complexity index is 335. The Kier molecular flexibility index (Phi) is 5.04. The van der Waals surface area contributed by atoms with E-state index in [0.29, 0.717) is 6.04 Å². The molecule has 20 heavy (non-hydrogen) atoms. The van der Waals surface area contributed by atoms with E-state index in [4.69, 9.17) is 10.6 Å². The molecule has 2 fully saturated rings.